The maximum Gasteiger partial charge on any atom is 0.129 e. The second kappa shape index (κ2) is 7.47. The largest absolute Gasteiger partial charge is 0.467 e. The SMILES string of the molecule is CCCNCc1coc(COC(C)CC)c1. The van der Waals surface area contributed by atoms with Crippen LogP contribution in [-0.4, -0.2) is 12.6 Å². The molecule has 1 atom stereocenters. The van der Waals surface area contributed by atoms with Crippen molar-refractivity contribution < 1.29 is 9.15 Å². The predicted molar refractivity (Wildman–Crippen MR) is 65.2 cm³/mol. The Morgan fingerprint density at radius 3 is 2.94 bits per heavy atom. The molecule has 3 nitrogen and oxygen atoms in total. The second-order valence-electron chi connectivity index (χ2n) is 4.13. The molecule has 1 heterocycles. The topological polar surface area (TPSA) is 34.4 Å². The third kappa shape index (κ3) is 4.81. The lowest BCUT2D eigenvalue weighted by Gasteiger charge is -2.07. The highest BCUT2D eigenvalue weighted by Gasteiger charge is 2.04. The fourth-order valence-corrected chi connectivity index (χ4v) is 1.35. The molecule has 0 aromatic carbocycles. The number of furan rings is 1. The van der Waals surface area contributed by atoms with Gasteiger partial charge < -0.3 is 14.5 Å². The van der Waals surface area contributed by atoms with Crippen molar-refractivity contribution in [1.29, 1.82) is 0 Å². The molecule has 1 N–H and O–H groups in total. The van der Waals surface area contributed by atoms with E-state index >= 15 is 0 Å². The van der Waals surface area contributed by atoms with Crippen LogP contribution in [0.15, 0.2) is 16.7 Å². The molecule has 1 unspecified atom stereocenters. The molecule has 0 fully saturated rings. The molecule has 3 heteroatoms. The van der Waals surface area contributed by atoms with Crippen LogP contribution >= 0.6 is 0 Å². The number of nitrogens with one attached hydrogen (secondary N) is 1. The van der Waals surface area contributed by atoms with Gasteiger partial charge in [-0.3, -0.25) is 0 Å². The molecular formula is C13H23NO2. The monoisotopic (exact) mass is 225 g/mol. The van der Waals surface area contributed by atoms with E-state index in [0.717, 1.165) is 31.7 Å². The van der Waals surface area contributed by atoms with E-state index in [9.17, 15) is 0 Å². The zero-order chi connectivity index (χ0) is 11.8. The maximum atomic E-state index is 5.60. The second-order valence-corrected chi connectivity index (χ2v) is 4.13. The van der Waals surface area contributed by atoms with Crippen molar-refractivity contribution >= 4 is 0 Å². The Morgan fingerprint density at radius 1 is 1.44 bits per heavy atom. The average molecular weight is 225 g/mol. The zero-order valence-corrected chi connectivity index (χ0v) is 10.6. The lowest BCUT2D eigenvalue weighted by molar-refractivity contribution is 0.0406. The van der Waals surface area contributed by atoms with Crippen molar-refractivity contribution in [3.05, 3.63) is 23.7 Å². The molecule has 0 aliphatic carbocycles. The van der Waals surface area contributed by atoms with Crippen LogP contribution in [0, 0.1) is 0 Å². The minimum atomic E-state index is 0.298. The summed E-state index contributed by atoms with van der Waals surface area (Å²) in [7, 11) is 0. The van der Waals surface area contributed by atoms with Gasteiger partial charge in [0.1, 0.15) is 12.4 Å². The van der Waals surface area contributed by atoms with Crippen LogP contribution < -0.4 is 5.32 Å². The van der Waals surface area contributed by atoms with E-state index in [-0.39, 0.29) is 0 Å². The van der Waals surface area contributed by atoms with Crippen LogP contribution in [0.2, 0.25) is 0 Å². The maximum absolute atomic E-state index is 5.60. The van der Waals surface area contributed by atoms with Crippen molar-refractivity contribution in [1.82, 2.24) is 5.32 Å². The van der Waals surface area contributed by atoms with Crippen LogP contribution in [0.1, 0.15) is 44.9 Å². The van der Waals surface area contributed by atoms with E-state index in [4.69, 9.17) is 9.15 Å². The quantitative estimate of drug-likeness (QED) is 0.690. The molecule has 0 saturated carbocycles. The fourth-order valence-electron chi connectivity index (χ4n) is 1.35. The third-order valence-electron chi connectivity index (χ3n) is 2.55. The molecule has 0 bridgehead atoms. The molecule has 0 saturated heterocycles. The van der Waals surface area contributed by atoms with Gasteiger partial charge in [-0.1, -0.05) is 13.8 Å². The van der Waals surface area contributed by atoms with E-state index in [1.807, 2.05) is 0 Å². The van der Waals surface area contributed by atoms with Gasteiger partial charge in [-0.25, -0.2) is 0 Å². The number of hydrogen-bond donors (Lipinski definition) is 1. The standard InChI is InChI=1S/C13H23NO2/c1-4-6-14-8-12-7-13(16-9-12)10-15-11(3)5-2/h7,9,11,14H,4-6,8,10H2,1-3H3. The number of rotatable bonds is 8. The first-order valence-electron chi connectivity index (χ1n) is 6.14. The van der Waals surface area contributed by atoms with Crippen molar-refractivity contribution in [2.75, 3.05) is 6.54 Å². The molecule has 1 rings (SSSR count). The summed E-state index contributed by atoms with van der Waals surface area (Å²) in [6.45, 7) is 8.85. The van der Waals surface area contributed by atoms with Crippen LogP contribution in [0.3, 0.4) is 0 Å². The van der Waals surface area contributed by atoms with Crippen molar-refractivity contribution in [2.24, 2.45) is 0 Å². The van der Waals surface area contributed by atoms with Crippen LogP contribution in [-0.2, 0) is 17.9 Å². The van der Waals surface area contributed by atoms with Gasteiger partial charge in [0.2, 0.25) is 0 Å². The molecule has 0 aliphatic heterocycles. The first kappa shape index (κ1) is 13.3. The summed E-state index contributed by atoms with van der Waals surface area (Å²) >= 11 is 0. The van der Waals surface area contributed by atoms with E-state index in [2.05, 4.69) is 32.2 Å². The summed E-state index contributed by atoms with van der Waals surface area (Å²) in [5.41, 5.74) is 1.19. The summed E-state index contributed by atoms with van der Waals surface area (Å²) < 4.78 is 11.0. The predicted octanol–water partition coefficient (Wildman–Crippen LogP) is 3.09. The first-order chi connectivity index (χ1) is 7.76. The van der Waals surface area contributed by atoms with Crippen LogP contribution in [0.5, 0.6) is 0 Å². The van der Waals surface area contributed by atoms with Gasteiger partial charge in [-0.15, -0.1) is 0 Å². The van der Waals surface area contributed by atoms with Crippen molar-refractivity contribution in [2.45, 2.75) is 52.9 Å². The van der Waals surface area contributed by atoms with Crippen molar-refractivity contribution in [3.8, 4) is 0 Å². The van der Waals surface area contributed by atoms with Crippen LogP contribution in [0.25, 0.3) is 0 Å². The fraction of sp³-hybridized carbons (Fsp3) is 0.692. The Morgan fingerprint density at radius 2 is 2.25 bits per heavy atom. The Balaban J connectivity index is 2.28. The Bertz CT molecular complexity index is 283. The summed E-state index contributed by atoms with van der Waals surface area (Å²) in [5, 5.41) is 3.34. The Hall–Kier alpha value is -0.800. The van der Waals surface area contributed by atoms with E-state index < -0.39 is 0 Å². The average Bonchev–Trinajstić information content (AvgIpc) is 2.74. The highest BCUT2D eigenvalue weighted by atomic mass is 16.5. The zero-order valence-electron chi connectivity index (χ0n) is 10.6. The summed E-state index contributed by atoms with van der Waals surface area (Å²) in [6, 6.07) is 2.06. The van der Waals surface area contributed by atoms with Gasteiger partial charge in [0.05, 0.1) is 12.4 Å². The molecule has 1 aromatic rings. The molecule has 92 valence electrons. The highest BCUT2D eigenvalue weighted by molar-refractivity contribution is 5.11. The number of hydrogen-bond acceptors (Lipinski definition) is 3. The summed E-state index contributed by atoms with van der Waals surface area (Å²) in [5.74, 6) is 0.911. The molecule has 0 aliphatic rings. The first-order valence-corrected chi connectivity index (χ1v) is 6.14. The number of ether oxygens (including phenoxy) is 1. The van der Waals surface area contributed by atoms with Gasteiger partial charge >= 0.3 is 0 Å². The van der Waals surface area contributed by atoms with Gasteiger partial charge in [0.25, 0.3) is 0 Å². The summed E-state index contributed by atoms with van der Waals surface area (Å²) in [6.07, 6.45) is 4.29. The minimum Gasteiger partial charge on any atom is -0.467 e. The lowest BCUT2D eigenvalue weighted by atomic mass is 10.3. The van der Waals surface area contributed by atoms with Gasteiger partial charge in [0.15, 0.2) is 0 Å². The Kier molecular flexibility index (Phi) is 6.19. The molecule has 1 aromatic heterocycles. The van der Waals surface area contributed by atoms with E-state index in [0.29, 0.717) is 12.7 Å². The Labute approximate surface area is 98.2 Å². The molecule has 16 heavy (non-hydrogen) atoms. The van der Waals surface area contributed by atoms with Crippen LogP contribution in [0.4, 0.5) is 0 Å². The van der Waals surface area contributed by atoms with Gasteiger partial charge in [0, 0.05) is 12.1 Å². The highest BCUT2D eigenvalue weighted by Crippen LogP contribution is 2.10. The van der Waals surface area contributed by atoms with E-state index in [1.165, 1.54) is 5.56 Å². The molecule has 0 amide bonds. The minimum absolute atomic E-state index is 0.298. The van der Waals surface area contributed by atoms with E-state index in [1.54, 1.807) is 6.26 Å². The molecule has 0 radical (unpaired) electrons. The van der Waals surface area contributed by atoms with Gasteiger partial charge in [-0.05, 0) is 32.4 Å². The lowest BCUT2D eigenvalue weighted by Crippen LogP contribution is -2.13. The molecular weight excluding hydrogens is 202 g/mol. The van der Waals surface area contributed by atoms with Gasteiger partial charge in [-0.2, -0.15) is 0 Å². The third-order valence-corrected chi connectivity index (χ3v) is 2.55. The smallest absolute Gasteiger partial charge is 0.129 e. The molecule has 0 spiro atoms. The van der Waals surface area contributed by atoms with Crippen molar-refractivity contribution in [3.63, 3.8) is 0 Å². The summed E-state index contributed by atoms with van der Waals surface area (Å²) in [4.78, 5) is 0. The normalized spacial score (nSPS) is 12.9.